The van der Waals surface area contributed by atoms with Crippen LogP contribution < -0.4 is 29.1 Å². The minimum absolute atomic E-state index is 0.189. The van der Waals surface area contributed by atoms with Gasteiger partial charge in [0.1, 0.15) is 36.1 Å². The summed E-state index contributed by atoms with van der Waals surface area (Å²) in [5, 5.41) is 0.424. The van der Waals surface area contributed by atoms with Crippen molar-refractivity contribution in [3.63, 3.8) is 0 Å². The zero-order valence-corrected chi connectivity index (χ0v) is 19.5. The second-order valence-electron chi connectivity index (χ2n) is 7.56. The molecule has 0 atom stereocenters. The zero-order valence-electron chi connectivity index (χ0n) is 19.5. The van der Waals surface area contributed by atoms with Gasteiger partial charge in [-0.05, 0) is 49.4 Å². The van der Waals surface area contributed by atoms with Crippen LogP contribution in [0.15, 0.2) is 69.9 Å². The number of aryl methyl sites for hydroxylation is 1. The van der Waals surface area contributed by atoms with Crippen LogP contribution in [0.25, 0.3) is 22.3 Å². The number of fused-ring (bicyclic) bond motifs is 1. The first-order valence-corrected chi connectivity index (χ1v) is 10.7. The third kappa shape index (κ3) is 4.93. The number of ether oxygens (including phenoxy) is 5. The lowest BCUT2D eigenvalue weighted by molar-refractivity contribution is 0.217. The molecule has 0 amide bonds. The number of benzene rings is 3. The van der Waals surface area contributed by atoms with Crippen molar-refractivity contribution in [1.29, 1.82) is 0 Å². The molecule has 0 fully saturated rings. The van der Waals surface area contributed by atoms with Gasteiger partial charge in [-0.1, -0.05) is 17.7 Å². The van der Waals surface area contributed by atoms with E-state index in [2.05, 4.69) is 0 Å². The summed E-state index contributed by atoms with van der Waals surface area (Å²) in [7, 11) is 4.60. The molecule has 7 nitrogen and oxygen atoms in total. The van der Waals surface area contributed by atoms with E-state index in [1.54, 1.807) is 30.3 Å². The Kier molecular flexibility index (Phi) is 6.92. The van der Waals surface area contributed by atoms with Crippen LogP contribution >= 0.6 is 0 Å². The second-order valence-corrected chi connectivity index (χ2v) is 7.56. The summed E-state index contributed by atoms with van der Waals surface area (Å²) in [5.74, 6) is 3.13. The highest BCUT2D eigenvalue weighted by atomic mass is 16.5. The molecule has 4 aromatic rings. The molecule has 4 rings (SSSR count). The molecule has 0 unspecified atom stereocenters. The molecule has 0 aliphatic rings. The van der Waals surface area contributed by atoms with Crippen molar-refractivity contribution in [1.82, 2.24) is 0 Å². The first-order valence-electron chi connectivity index (χ1n) is 10.7. The van der Waals surface area contributed by atoms with Crippen molar-refractivity contribution in [2.45, 2.75) is 6.92 Å². The van der Waals surface area contributed by atoms with Gasteiger partial charge in [-0.2, -0.15) is 0 Å². The van der Waals surface area contributed by atoms with Gasteiger partial charge in [-0.25, -0.2) is 0 Å². The highest BCUT2D eigenvalue weighted by Crippen LogP contribution is 2.41. The number of hydrogen-bond donors (Lipinski definition) is 0. The highest BCUT2D eigenvalue weighted by Gasteiger charge is 2.16. The lowest BCUT2D eigenvalue weighted by Crippen LogP contribution is -2.09. The SMILES string of the molecule is COc1cc(-c2cc(=O)c3cc(OCCOc4ccc(C)cc4)ccc3o2)cc(OC)c1OC. The summed E-state index contributed by atoms with van der Waals surface area (Å²) in [6.07, 6.45) is 0. The number of methoxy groups -OCH3 is 3. The largest absolute Gasteiger partial charge is 0.493 e. The minimum atomic E-state index is -0.189. The van der Waals surface area contributed by atoms with Crippen LogP contribution in [0.3, 0.4) is 0 Å². The standard InChI is InChI=1S/C27H26O7/c1-17-5-7-19(8-6-17)32-11-12-33-20-9-10-23-21(15-20)22(28)16-24(34-23)18-13-25(29-2)27(31-4)26(14-18)30-3/h5-10,13-16H,11-12H2,1-4H3. The van der Waals surface area contributed by atoms with E-state index in [9.17, 15) is 4.79 Å². The van der Waals surface area contributed by atoms with E-state index in [-0.39, 0.29) is 5.43 Å². The molecule has 0 saturated carbocycles. The third-order valence-electron chi connectivity index (χ3n) is 5.29. The van der Waals surface area contributed by atoms with Crippen molar-refractivity contribution in [3.8, 4) is 40.1 Å². The van der Waals surface area contributed by atoms with Gasteiger partial charge in [0.15, 0.2) is 16.9 Å². The summed E-state index contributed by atoms with van der Waals surface area (Å²) in [5.41, 5.74) is 2.06. The molecule has 0 spiro atoms. The van der Waals surface area contributed by atoms with Gasteiger partial charge in [0, 0.05) is 11.6 Å². The van der Waals surface area contributed by atoms with E-state index in [1.165, 1.54) is 33.0 Å². The van der Waals surface area contributed by atoms with Gasteiger partial charge < -0.3 is 28.1 Å². The predicted molar refractivity (Wildman–Crippen MR) is 130 cm³/mol. The monoisotopic (exact) mass is 462 g/mol. The summed E-state index contributed by atoms with van der Waals surface area (Å²) in [4.78, 5) is 12.9. The van der Waals surface area contributed by atoms with E-state index < -0.39 is 0 Å². The fraction of sp³-hybridized carbons (Fsp3) is 0.222. The quantitative estimate of drug-likeness (QED) is 0.314. The normalized spacial score (nSPS) is 10.7. The average molecular weight is 462 g/mol. The van der Waals surface area contributed by atoms with E-state index in [0.29, 0.717) is 58.5 Å². The van der Waals surface area contributed by atoms with Crippen LogP contribution in [0.5, 0.6) is 28.7 Å². The summed E-state index contributed by atoms with van der Waals surface area (Å²) < 4.78 is 33.6. The molecule has 1 heterocycles. The van der Waals surface area contributed by atoms with Gasteiger partial charge >= 0.3 is 0 Å². The molecular weight excluding hydrogens is 436 g/mol. The highest BCUT2D eigenvalue weighted by molar-refractivity contribution is 5.80. The minimum Gasteiger partial charge on any atom is -0.493 e. The Bertz CT molecular complexity index is 1310. The van der Waals surface area contributed by atoms with E-state index in [0.717, 1.165) is 5.75 Å². The Morgan fingerprint density at radius 1 is 0.735 bits per heavy atom. The van der Waals surface area contributed by atoms with Crippen molar-refractivity contribution in [2.75, 3.05) is 34.5 Å². The molecule has 1 aromatic heterocycles. The molecule has 176 valence electrons. The number of hydrogen-bond acceptors (Lipinski definition) is 7. The summed E-state index contributed by atoms with van der Waals surface area (Å²) in [6.45, 7) is 2.75. The van der Waals surface area contributed by atoms with Crippen LogP contribution in [0.1, 0.15) is 5.56 Å². The molecule has 0 bridgehead atoms. The maximum absolute atomic E-state index is 12.9. The van der Waals surface area contributed by atoms with Crippen molar-refractivity contribution in [3.05, 3.63) is 76.5 Å². The number of rotatable bonds is 9. The van der Waals surface area contributed by atoms with E-state index >= 15 is 0 Å². The van der Waals surface area contributed by atoms with Crippen LogP contribution in [0.4, 0.5) is 0 Å². The van der Waals surface area contributed by atoms with E-state index in [1.807, 2.05) is 31.2 Å². The van der Waals surface area contributed by atoms with Crippen molar-refractivity contribution >= 4 is 11.0 Å². The maximum Gasteiger partial charge on any atom is 0.203 e. The summed E-state index contributed by atoms with van der Waals surface area (Å²) in [6, 6.07) is 17.9. The average Bonchev–Trinajstić information content (AvgIpc) is 2.86. The third-order valence-corrected chi connectivity index (χ3v) is 5.29. The molecule has 0 saturated heterocycles. The second kappa shape index (κ2) is 10.2. The molecule has 0 aliphatic heterocycles. The first kappa shape index (κ1) is 23.0. The molecular formula is C27H26O7. The van der Waals surface area contributed by atoms with Gasteiger partial charge in [-0.3, -0.25) is 4.79 Å². The Balaban J connectivity index is 1.53. The van der Waals surface area contributed by atoms with Gasteiger partial charge in [0.05, 0.1) is 26.7 Å². The van der Waals surface area contributed by atoms with Gasteiger partial charge in [-0.15, -0.1) is 0 Å². The summed E-state index contributed by atoms with van der Waals surface area (Å²) >= 11 is 0. The first-order chi connectivity index (χ1) is 16.5. The Morgan fingerprint density at radius 2 is 1.35 bits per heavy atom. The van der Waals surface area contributed by atoms with Crippen molar-refractivity contribution in [2.24, 2.45) is 0 Å². The van der Waals surface area contributed by atoms with Crippen LogP contribution in [-0.2, 0) is 0 Å². The van der Waals surface area contributed by atoms with Gasteiger partial charge in [0.2, 0.25) is 5.75 Å². The maximum atomic E-state index is 12.9. The molecule has 3 aromatic carbocycles. The fourth-order valence-corrected chi connectivity index (χ4v) is 3.54. The predicted octanol–water partition coefficient (Wildman–Crippen LogP) is 5.25. The molecule has 0 N–H and O–H groups in total. The Hall–Kier alpha value is -4.13. The van der Waals surface area contributed by atoms with Crippen LogP contribution in [0, 0.1) is 6.92 Å². The Labute approximate surface area is 197 Å². The molecule has 34 heavy (non-hydrogen) atoms. The molecule has 0 radical (unpaired) electrons. The van der Waals surface area contributed by atoms with Gasteiger partial charge in [0.25, 0.3) is 0 Å². The smallest absolute Gasteiger partial charge is 0.203 e. The zero-order chi connectivity index (χ0) is 24.1. The van der Waals surface area contributed by atoms with Crippen molar-refractivity contribution < 1.29 is 28.1 Å². The molecule has 0 aliphatic carbocycles. The lowest BCUT2D eigenvalue weighted by Gasteiger charge is -2.14. The molecule has 7 heteroatoms. The van der Waals surface area contributed by atoms with Crippen LogP contribution in [0.2, 0.25) is 0 Å². The lowest BCUT2D eigenvalue weighted by atomic mass is 10.1. The Morgan fingerprint density at radius 3 is 1.97 bits per heavy atom. The fourth-order valence-electron chi connectivity index (χ4n) is 3.54. The topological polar surface area (TPSA) is 76.4 Å². The van der Waals surface area contributed by atoms with E-state index in [4.69, 9.17) is 28.1 Å². The van der Waals surface area contributed by atoms with Crippen LogP contribution in [-0.4, -0.2) is 34.5 Å².